The molecular weight excluding hydrogens is 230 g/mol. The van der Waals surface area contributed by atoms with Gasteiger partial charge >= 0.3 is 0 Å². The normalized spacial score (nSPS) is 19.7. The summed E-state index contributed by atoms with van der Waals surface area (Å²) >= 11 is 0. The van der Waals surface area contributed by atoms with Crippen LogP contribution < -0.4 is 14.8 Å². The van der Waals surface area contributed by atoms with Gasteiger partial charge in [0.15, 0.2) is 0 Å². The molecule has 1 aliphatic rings. The summed E-state index contributed by atoms with van der Waals surface area (Å²) in [5.74, 6) is 1.98. The van der Waals surface area contributed by atoms with Crippen molar-refractivity contribution in [1.29, 1.82) is 0 Å². The molecule has 1 aliphatic heterocycles. The van der Waals surface area contributed by atoms with Crippen molar-refractivity contribution >= 4 is 5.78 Å². The Labute approximate surface area is 107 Å². The molecule has 1 N–H and O–H groups in total. The molecule has 0 bridgehead atoms. The first kappa shape index (κ1) is 12.9. The van der Waals surface area contributed by atoms with Gasteiger partial charge in [0.05, 0.1) is 14.2 Å². The van der Waals surface area contributed by atoms with E-state index in [0.29, 0.717) is 18.6 Å². The van der Waals surface area contributed by atoms with Crippen molar-refractivity contribution in [1.82, 2.24) is 5.32 Å². The van der Waals surface area contributed by atoms with Gasteiger partial charge in [-0.1, -0.05) is 0 Å². The standard InChI is InChI=1S/C14H19NO3/c1-17-12-3-4-14(18-2)10(8-12)7-11-9-15-6-5-13(11)16/h3-4,8,11,15H,5-7,9H2,1-2H3. The Morgan fingerprint density at radius 1 is 1.33 bits per heavy atom. The molecule has 1 aromatic rings. The van der Waals surface area contributed by atoms with E-state index in [9.17, 15) is 4.79 Å². The van der Waals surface area contributed by atoms with Crippen molar-refractivity contribution in [2.45, 2.75) is 12.8 Å². The number of nitrogens with one attached hydrogen (secondary N) is 1. The maximum absolute atomic E-state index is 11.8. The lowest BCUT2D eigenvalue weighted by molar-refractivity contribution is -0.123. The number of carbonyl (C=O) groups is 1. The molecule has 1 atom stereocenters. The van der Waals surface area contributed by atoms with E-state index in [-0.39, 0.29) is 5.92 Å². The second kappa shape index (κ2) is 5.87. The van der Waals surface area contributed by atoms with E-state index >= 15 is 0 Å². The van der Waals surface area contributed by atoms with Gasteiger partial charge in [-0.15, -0.1) is 0 Å². The van der Waals surface area contributed by atoms with Crippen molar-refractivity contribution in [3.8, 4) is 11.5 Å². The van der Waals surface area contributed by atoms with Gasteiger partial charge in [-0.05, 0) is 30.2 Å². The zero-order valence-electron chi connectivity index (χ0n) is 10.9. The number of carbonyl (C=O) groups excluding carboxylic acids is 1. The summed E-state index contributed by atoms with van der Waals surface area (Å²) < 4.78 is 10.5. The summed E-state index contributed by atoms with van der Waals surface area (Å²) in [5, 5.41) is 3.26. The third kappa shape index (κ3) is 2.82. The summed E-state index contributed by atoms with van der Waals surface area (Å²) in [6.45, 7) is 1.55. The number of methoxy groups -OCH3 is 2. The number of ether oxygens (including phenoxy) is 2. The summed E-state index contributed by atoms with van der Waals surface area (Å²) in [6, 6.07) is 5.69. The van der Waals surface area contributed by atoms with E-state index < -0.39 is 0 Å². The predicted molar refractivity (Wildman–Crippen MR) is 69.2 cm³/mol. The van der Waals surface area contributed by atoms with Gasteiger partial charge in [-0.2, -0.15) is 0 Å². The highest BCUT2D eigenvalue weighted by Gasteiger charge is 2.23. The van der Waals surface area contributed by atoms with Crippen molar-refractivity contribution < 1.29 is 14.3 Å². The fourth-order valence-electron chi connectivity index (χ4n) is 2.30. The monoisotopic (exact) mass is 249 g/mol. The van der Waals surface area contributed by atoms with Gasteiger partial charge in [-0.25, -0.2) is 0 Å². The second-order valence-electron chi connectivity index (χ2n) is 4.50. The first-order valence-electron chi connectivity index (χ1n) is 6.19. The molecule has 0 radical (unpaired) electrons. The van der Waals surface area contributed by atoms with Crippen LogP contribution in [0.25, 0.3) is 0 Å². The van der Waals surface area contributed by atoms with Crippen LogP contribution in [-0.2, 0) is 11.2 Å². The van der Waals surface area contributed by atoms with Gasteiger partial charge in [0, 0.05) is 25.4 Å². The molecule has 1 fully saturated rings. The van der Waals surface area contributed by atoms with Gasteiger partial charge < -0.3 is 14.8 Å². The van der Waals surface area contributed by atoms with Gasteiger partial charge in [0.2, 0.25) is 0 Å². The zero-order valence-corrected chi connectivity index (χ0v) is 10.9. The lowest BCUT2D eigenvalue weighted by Crippen LogP contribution is -2.38. The number of hydrogen-bond acceptors (Lipinski definition) is 4. The van der Waals surface area contributed by atoms with E-state index in [1.54, 1.807) is 14.2 Å². The zero-order chi connectivity index (χ0) is 13.0. The van der Waals surface area contributed by atoms with Crippen molar-refractivity contribution in [2.75, 3.05) is 27.3 Å². The molecule has 98 valence electrons. The van der Waals surface area contributed by atoms with Gasteiger partial charge in [0.1, 0.15) is 17.3 Å². The van der Waals surface area contributed by atoms with E-state index in [0.717, 1.165) is 30.2 Å². The van der Waals surface area contributed by atoms with Crippen LogP contribution in [0, 0.1) is 5.92 Å². The van der Waals surface area contributed by atoms with Gasteiger partial charge in [-0.3, -0.25) is 4.79 Å². The maximum Gasteiger partial charge on any atom is 0.138 e. The highest BCUT2D eigenvalue weighted by atomic mass is 16.5. The van der Waals surface area contributed by atoms with Crippen molar-refractivity contribution in [3.63, 3.8) is 0 Å². The molecule has 0 aromatic heterocycles. The molecular formula is C14H19NO3. The first-order chi connectivity index (χ1) is 8.74. The van der Waals surface area contributed by atoms with Crippen molar-refractivity contribution in [2.24, 2.45) is 5.92 Å². The van der Waals surface area contributed by atoms with Crippen LogP contribution in [0.3, 0.4) is 0 Å². The Bertz CT molecular complexity index is 431. The lowest BCUT2D eigenvalue weighted by Gasteiger charge is -2.22. The Morgan fingerprint density at radius 2 is 2.17 bits per heavy atom. The third-order valence-corrected chi connectivity index (χ3v) is 3.35. The van der Waals surface area contributed by atoms with E-state index in [1.807, 2.05) is 18.2 Å². The number of Topliss-reactive ketones (excluding diaryl/α,β-unsaturated/α-hetero) is 1. The van der Waals surface area contributed by atoms with E-state index in [2.05, 4.69) is 5.32 Å². The molecule has 18 heavy (non-hydrogen) atoms. The van der Waals surface area contributed by atoms with Crippen LogP contribution in [0.5, 0.6) is 11.5 Å². The molecule has 0 aliphatic carbocycles. The Hall–Kier alpha value is -1.55. The number of piperidine rings is 1. The summed E-state index contributed by atoms with van der Waals surface area (Å²) in [6.07, 6.45) is 1.32. The first-order valence-corrected chi connectivity index (χ1v) is 6.19. The molecule has 0 amide bonds. The molecule has 1 saturated heterocycles. The Morgan fingerprint density at radius 3 is 2.83 bits per heavy atom. The minimum absolute atomic E-state index is 0.0414. The van der Waals surface area contributed by atoms with Crippen molar-refractivity contribution in [3.05, 3.63) is 23.8 Å². The summed E-state index contributed by atoms with van der Waals surface area (Å²) in [7, 11) is 3.28. The quantitative estimate of drug-likeness (QED) is 0.877. The smallest absolute Gasteiger partial charge is 0.138 e. The van der Waals surface area contributed by atoms with Crippen LogP contribution >= 0.6 is 0 Å². The predicted octanol–water partition coefficient (Wildman–Crippen LogP) is 1.42. The molecule has 1 aromatic carbocycles. The minimum atomic E-state index is 0.0414. The van der Waals surface area contributed by atoms with E-state index in [4.69, 9.17) is 9.47 Å². The fourth-order valence-corrected chi connectivity index (χ4v) is 2.30. The highest BCUT2D eigenvalue weighted by molar-refractivity contribution is 5.82. The SMILES string of the molecule is COc1ccc(OC)c(CC2CNCCC2=O)c1. The average Bonchev–Trinajstić information content (AvgIpc) is 2.41. The molecule has 0 saturated carbocycles. The second-order valence-corrected chi connectivity index (χ2v) is 4.50. The number of rotatable bonds is 4. The fraction of sp³-hybridized carbons (Fsp3) is 0.500. The molecule has 4 heteroatoms. The van der Waals surface area contributed by atoms with E-state index in [1.165, 1.54) is 0 Å². The topological polar surface area (TPSA) is 47.6 Å². The van der Waals surface area contributed by atoms with Crippen LogP contribution in [0.4, 0.5) is 0 Å². The average molecular weight is 249 g/mol. The van der Waals surface area contributed by atoms with Crippen LogP contribution in [0.15, 0.2) is 18.2 Å². The molecule has 1 unspecified atom stereocenters. The summed E-state index contributed by atoms with van der Waals surface area (Å²) in [4.78, 5) is 11.8. The minimum Gasteiger partial charge on any atom is -0.497 e. The van der Waals surface area contributed by atoms with Crippen LogP contribution in [0.1, 0.15) is 12.0 Å². The third-order valence-electron chi connectivity index (χ3n) is 3.35. The lowest BCUT2D eigenvalue weighted by atomic mass is 9.90. The van der Waals surface area contributed by atoms with Crippen LogP contribution in [-0.4, -0.2) is 33.1 Å². The Kier molecular flexibility index (Phi) is 4.20. The summed E-state index contributed by atoms with van der Waals surface area (Å²) in [5.41, 5.74) is 1.03. The largest absolute Gasteiger partial charge is 0.497 e. The number of hydrogen-bond donors (Lipinski definition) is 1. The maximum atomic E-state index is 11.8. The van der Waals surface area contributed by atoms with Crippen LogP contribution in [0.2, 0.25) is 0 Å². The molecule has 2 rings (SSSR count). The number of ketones is 1. The highest BCUT2D eigenvalue weighted by Crippen LogP contribution is 2.27. The van der Waals surface area contributed by atoms with Gasteiger partial charge in [0.25, 0.3) is 0 Å². The molecule has 4 nitrogen and oxygen atoms in total. The number of benzene rings is 1. The molecule has 1 heterocycles. The Balaban J connectivity index is 2.18. The molecule has 0 spiro atoms.